The molecule has 1 heterocycles. The minimum atomic E-state index is 0. The lowest BCUT2D eigenvalue weighted by atomic mass is 9.79. The molecule has 0 radical (unpaired) electrons. The van der Waals surface area contributed by atoms with Crippen molar-refractivity contribution in [3.63, 3.8) is 0 Å². The van der Waals surface area contributed by atoms with Crippen LogP contribution in [-0.4, -0.2) is 24.5 Å². The van der Waals surface area contributed by atoms with Crippen molar-refractivity contribution in [3.8, 4) is 0 Å². The molecule has 0 saturated heterocycles. The van der Waals surface area contributed by atoms with Gasteiger partial charge in [-0.05, 0) is 42.7 Å². The van der Waals surface area contributed by atoms with E-state index in [9.17, 15) is 0 Å². The van der Waals surface area contributed by atoms with Gasteiger partial charge in [-0.25, -0.2) is 0 Å². The molecule has 0 spiro atoms. The number of hydrogen-bond donors (Lipinski definition) is 2. The van der Waals surface area contributed by atoms with Gasteiger partial charge < -0.3 is 10.6 Å². The highest BCUT2D eigenvalue weighted by atomic mass is 127. The van der Waals surface area contributed by atoms with Crippen LogP contribution in [0.3, 0.4) is 0 Å². The molecule has 1 aromatic carbocycles. The number of rotatable bonds is 5. The van der Waals surface area contributed by atoms with E-state index in [-0.39, 0.29) is 29.4 Å². The highest BCUT2D eigenvalue weighted by molar-refractivity contribution is 14.0. The number of pyridine rings is 1. The van der Waals surface area contributed by atoms with E-state index in [0.717, 1.165) is 23.2 Å². The maximum Gasteiger partial charge on any atom is 0.191 e. The van der Waals surface area contributed by atoms with Crippen molar-refractivity contribution in [1.82, 2.24) is 15.6 Å². The van der Waals surface area contributed by atoms with Crippen LogP contribution in [0.2, 0.25) is 5.02 Å². The van der Waals surface area contributed by atoms with Gasteiger partial charge in [0, 0.05) is 30.2 Å². The summed E-state index contributed by atoms with van der Waals surface area (Å²) in [6.45, 7) is 1.53. The van der Waals surface area contributed by atoms with Crippen LogP contribution in [0.5, 0.6) is 0 Å². The fourth-order valence-electron chi connectivity index (χ4n) is 3.57. The summed E-state index contributed by atoms with van der Waals surface area (Å²) >= 11 is 6.06. The first-order valence-electron chi connectivity index (χ1n) is 8.82. The van der Waals surface area contributed by atoms with Crippen LogP contribution in [0.1, 0.15) is 36.9 Å². The lowest BCUT2D eigenvalue weighted by Gasteiger charge is -2.31. The molecule has 1 aromatic heterocycles. The van der Waals surface area contributed by atoms with E-state index in [1.807, 2.05) is 30.3 Å². The first-order valence-corrected chi connectivity index (χ1v) is 9.20. The van der Waals surface area contributed by atoms with E-state index in [2.05, 4.69) is 32.7 Å². The van der Waals surface area contributed by atoms with Gasteiger partial charge in [-0.2, -0.15) is 0 Å². The zero-order chi connectivity index (χ0) is 17.5. The number of aromatic nitrogens is 1. The highest BCUT2D eigenvalue weighted by Crippen LogP contribution is 2.40. The molecule has 26 heavy (non-hydrogen) atoms. The number of halogens is 2. The molecule has 1 aliphatic carbocycles. The van der Waals surface area contributed by atoms with Crippen molar-refractivity contribution in [1.29, 1.82) is 0 Å². The molecule has 0 bridgehead atoms. The Bertz CT molecular complexity index is 698. The van der Waals surface area contributed by atoms with Crippen LogP contribution in [-0.2, 0) is 12.0 Å². The van der Waals surface area contributed by atoms with Gasteiger partial charge in [0.25, 0.3) is 0 Å². The highest BCUT2D eigenvalue weighted by Gasteiger charge is 2.35. The van der Waals surface area contributed by atoms with E-state index < -0.39 is 0 Å². The summed E-state index contributed by atoms with van der Waals surface area (Å²) in [4.78, 5) is 8.68. The van der Waals surface area contributed by atoms with Gasteiger partial charge in [0.15, 0.2) is 5.96 Å². The van der Waals surface area contributed by atoms with E-state index in [1.165, 1.54) is 31.2 Å². The summed E-state index contributed by atoms with van der Waals surface area (Å²) < 4.78 is 0. The molecule has 0 aliphatic heterocycles. The molecule has 3 rings (SSSR count). The Labute approximate surface area is 177 Å². The molecule has 0 amide bonds. The number of nitrogens with one attached hydrogen (secondary N) is 2. The van der Waals surface area contributed by atoms with Crippen molar-refractivity contribution in [2.75, 3.05) is 13.6 Å². The van der Waals surface area contributed by atoms with Crippen LogP contribution in [0, 0.1) is 0 Å². The lowest BCUT2D eigenvalue weighted by molar-refractivity contribution is 0.431. The summed E-state index contributed by atoms with van der Waals surface area (Å²) in [5, 5.41) is 7.65. The Morgan fingerprint density at radius 3 is 2.46 bits per heavy atom. The monoisotopic (exact) mass is 484 g/mol. The van der Waals surface area contributed by atoms with E-state index in [4.69, 9.17) is 11.6 Å². The Hall–Kier alpha value is -1.34. The van der Waals surface area contributed by atoms with Crippen molar-refractivity contribution in [2.45, 2.75) is 37.6 Å². The van der Waals surface area contributed by atoms with Crippen LogP contribution in [0.25, 0.3) is 0 Å². The molecule has 1 fully saturated rings. The predicted octanol–water partition coefficient (Wildman–Crippen LogP) is 4.53. The maximum absolute atomic E-state index is 6.06. The Balaban J connectivity index is 0.00000243. The van der Waals surface area contributed by atoms with Gasteiger partial charge in [-0.3, -0.25) is 9.98 Å². The normalized spacial score (nSPS) is 16.0. The molecule has 2 N–H and O–H groups in total. The summed E-state index contributed by atoms with van der Waals surface area (Å²) in [7, 11) is 1.80. The molecule has 2 aromatic rings. The third-order valence-corrected chi connectivity index (χ3v) is 5.25. The Morgan fingerprint density at radius 1 is 1.12 bits per heavy atom. The Morgan fingerprint density at radius 2 is 1.85 bits per heavy atom. The second kappa shape index (κ2) is 10.1. The van der Waals surface area contributed by atoms with E-state index in [0.29, 0.717) is 6.54 Å². The molecule has 6 heteroatoms. The van der Waals surface area contributed by atoms with Crippen molar-refractivity contribution in [2.24, 2.45) is 4.99 Å². The largest absolute Gasteiger partial charge is 0.356 e. The number of hydrogen-bond acceptors (Lipinski definition) is 2. The first-order chi connectivity index (χ1) is 12.2. The fraction of sp³-hybridized carbons (Fsp3) is 0.400. The zero-order valence-electron chi connectivity index (χ0n) is 15.0. The fourth-order valence-corrected chi connectivity index (χ4v) is 3.70. The van der Waals surface area contributed by atoms with Crippen LogP contribution >= 0.6 is 35.6 Å². The number of nitrogens with zero attached hydrogens (tertiary/aromatic N) is 2. The van der Waals surface area contributed by atoms with Gasteiger partial charge in [-0.1, -0.05) is 42.6 Å². The quantitative estimate of drug-likeness (QED) is 0.372. The SMILES string of the molecule is CN=C(NCc1ccccn1)NCC1(c2ccc(Cl)cc2)CCCC1.I. The first kappa shape index (κ1) is 21.0. The van der Waals surface area contributed by atoms with Crippen molar-refractivity contribution < 1.29 is 0 Å². The minimum absolute atomic E-state index is 0. The summed E-state index contributed by atoms with van der Waals surface area (Å²) in [5.74, 6) is 0.811. The van der Waals surface area contributed by atoms with E-state index >= 15 is 0 Å². The summed E-state index contributed by atoms with van der Waals surface area (Å²) in [6.07, 6.45) is 6.73. The molecule has 1 saturated carbocycles. The van der Waals surface area contributed by atoms with Crippen LogP contribution in [0.15, 0.2) is 53.7 Å². The number of aliphatic imine (C=N–C) groups is 1. The minimum Gasteiger partial charge on any atom is -0.356 e. The molecule has 1 aliphatic rings. The number of benzene rings is 1. The van der Waals surface area contributed by atoms with Gasteiger partial charge in [-0.15, -0.1) is 24.0 Å². The second-order valence-corrected chi connectivity index (χ2v) is 7.03. The smallest absolute Gasteiger partial charge is 0.191 e. The molecule has 4 nitrogen and oxygen atoms in total. The predicted molar refractivity (Wildman–Crippen MR) is 119 cm³/mol. The molecular formula is C20H26ClIN4. The van der Waals surface area contributed by atoms with Gasteiger partial charge in [0.2, 0.25) is 0 Å². The maximum atomic E-state index is 6.06. The molecule has 140 valence electrons. The van der Waals surface area contributed by atoms with E-state index in [1.54, 1.807) is 13.2 Å². The molecule has 0 atom stereocenters. The average Bonchev–Trinajstić information content (AvgIpc) is 3.13. The van der Waals surface area contributed by atoms with Crippen LogP contribution in [0.4, 0.5) is 0 Å². The zero-order valence-corrected chi connectivity index (χ0v) is 18.1. The molecular weight excluding hydrogens is 459 g/mol. The lowest BCUT2D eigenvalue weighted by Crippen LogP contribution is -2.44. The summed E-state index contributed by atoms with van der Waals surface area (Å²) in [5.41, 5.74) is 2.52. The molecule has 0 unspecified atom stereocenters. The van der Waals surface area contributed by atoms with Gasteiger partial charge in [0.05, 0.1) is 12.2 Å². The van der Waals surface area contributed by atoms with Crippen LogP contribution < -0.4 is 10.6 Å². The Kier molecular flexibility index (Phi) is 8.15. The van der Waals surface area contributed by atoms with Crippen molar-refractivity contribution >= 4 is 41.5 Å². The van der Waals surface area contributed by atoms with Gasteiger partial charge >= 0.3 is 0 Å². The average molecular weight is 485 g/mol. The topological polar surface area (TPSA) is 49.3 Å². The summed E-state index contributed by atoms with van der Waals surface area (Å²) in [6, 6.07) is 14.2. The van der Waals surface area contributed by atoms with Crippen molar-refractivity contribution in [3.05, 3.63) is 64.9 Å². The number of guanidine groups is 1. The van der Waals surface area contributed by atoms with Gasteiger partial charge in [0.1, 0.15) is 0 Å². The third-order valence-electron chi connectivity index (χ3n) is 5.00. The standard InChI is InChI=1S/C20H25ClN4.HI/c1-22-19(24-14-18-6-2-5-13-23-18)25-15-20(11-3-4-12-20)16-7-9-17(21)10-8-16;/h2,5-10,13H,3-4,11-12,14-15H2,1H3,(H2,22,24,25);1H. The third kappa shape index (κ3) is 5.33. The second-order valence-electron chi connectivity index (χ2n) is 6.59.